The molecule has 2 N–H and O–H groups in total. The van der Waals surface area contributed by atoms with E-state index in [0.717, 1.165) is 30.0 Å². The van der Waals surface area contributed by atoms with Gasteiger partial charge in [-0.1, -0.05) is 12.5 Å². The summed E-state index contributed by atoms with van der Waals surface area (Å²) in [6.07, 6.45) is 5.58. The minimum Gasteiger partial charge on any atom is -0.395 e. The van der Waals surface area contributed by atoms with E-state index in [1.807, 2.05) is 13.1 Å². The lowest BCUT2D eigenvalue weighted by molar-refractivity contribution is 0.337. The van der Waals surface area contributed by atoms with Crippen molar-refractivity contribution in [2.45, 2.75) is 25.7 Å². The van der Waals surface area contributed by atoms with Crippen LogP contribution < -0.4 is 10.6 Å². The topological polar surface area (TPSA) is 29.3 Å². The zero-order chi connectivity index (χ0) is 12.7. The molecule has 0 aliphatic heterocycles. The van der Waals surface area contributed by atoms with E-state index in [1.165, 1.54) is 31.7 Å². The lowest BCUT2D eigenvalue weighted by Crippen LogP contribution is -2.29. The fraction of sp³-hybridized carbons (Fsp3) is 0.600. The second-order valence-electron chi connectivity index (χ2n) is 5.99. The molecule has 2 fully saturated rings. The fourth-order valence-electron chi connectivity index (χ4n) is 3.91. The molecule has 2 aliphatic rings. The van der Waals surface area contributed by atoms with Gasteiger partial charge in [-0.05, 0) is 49.1 Å². The summed E-state index contributed by atoms with van der Waals surface area (Å²) in [4.78, 5) is 2.13. The first-order valence-electron chi connectivity index (χ1n) is 6.90. The van der Waals surface area contributed by atoms with Crippen molar-refractivity contribution in [3.8, 4) is 0 Å². The summed E-state index contributed by atoms with van der Waals surface area (Å²) in [7, 11) is 2.02. The molecule has 18 heavy (non-hydrogen) atoms. The minimum atomic E-state index is -0.313. The number of nitrogens with two attached hydrogens (primary N) is 1. The van der Waals surface area contributed by atoms with Gasteiger partial charge in [-0.2, -0.15) is 0 Å². The van der Waals surface area contributed by atoms with E-state index >= 15 is 0 Å². The van der Waals surface area contributed by atoms with Gasteiger partial charge in [0.25, 0.3) is 0 Å². The maximum atomic E-state index is 13.5. The molecule has 2 aliphatic carbocycles. The number of rotatable bonds is 3. The summed E-state index contributed by atoms with van der Waals surface area (Å²) >= 11 is 0. The van der Waals surface area contributed by atoms with Crippen molar-refractivity contribution in [2.24, 2.45) is 17.8 Å². The highest BCUT2D eigenvalue weighted by atomic mass is 19.1. The Morgan fingerprint density at radius 3 is 2.83 bits per heavy atom. The Labute approximate surface area is 108 Å². The van der Waals surface area contributed by atoms with Crippen molar-refractivity contribution >= 4 is 11.4 Å². The highest BCUT2D eigenvalue weighted by molar-refractivity contribution is 5.67. The first kappa shape index (κ1) is 11.8. The summed E-state index contributed by atoms with van der Waals surface area (Å²) in [6.45, 7) is 1.01. The molecule has 1 aromatic carbocycles. The molecule has 0 heterocycles. The second kappa shape index (κ2) is 4.45. The van der Waals surface area contributed by atoms with Crippen LogP contribution in [0.25, 0.3) is 0 Å². The number of fused-ring (bicyclic) bond motifs is 2. The molecule has 3 atom stereocenters. The van der Waals surface area contributed by atoms with E-state index in [-0.39, 0.29) is 11.5 Å². The van der Waals surface area contributed by atoms with Crippen molar-refractivity contribution in [3.05, 3.63) is 24.0 Å². The number of nitrogen functional groups attached to an aromatic ring is 1. The predicted molar refractivity (Wildman–Crippen MR) is 73.0 cm³/mol. The lowest BCUT2D eigenvalue weighted by atomic mass is 9.88. The molecule has 2 bridgehead atoms. The summed E-state index contributed by atoms with van der Waals surface area (Å²) in [5, 5.41) is 0. The van der Waals surface area contributed by atoms with Gasteiger partial charge in [0.1, 0.15) is 5.82 Å². The SMILES string of the molecule is CN(CC1CC2CCC1C2)c1cccc(F)c1N. The maximum absolute atomic E-state index is 13.5. The number of anilines is 2. The monoisotopic (exact) mass is 248 g/mol. The summed E-state index contributed by atoms with van der Waals surface area (Å²) in [5.41, 5.74) is 6.93. The van der Waals surface area contributed by atoms with Crippen molar-refractivity contribution in [1.82, 2.24) is 0 Å². The van der Waals surface area contributed by atoms with E-state index in [9.17, 15) is 4.39 Å². The third-order valence-corrected chi connectivity index (χ3v) is 4.83. The zero-order valence-corrected chi connectivity index (χ0v) is 10.9. The minimum absolute atomic E-state index is 0.281. The Hall–Kier alpha value is -1.25. The van der Waals surface area contributed by atoms with Crippen molar-refractivity contribution in [1.29, 1.82) is 0 Å². The van der Waals surface area contributed by atoms with E-state index in [4.69, 9.17) is 5.73 Å². The second-order valence-corrected chi connectivity index (χ2v) is 5.99. The van der Waals surface area contributed by atoms with Crippen molar-refractivity contribution in [2.75, 3.05) is 24.2 Å². The smallest absolute Gasteiger partial charge is 0.148 e. The van der Waals surface area contributed by atoms with Crippen LogP contribution in [0, 0.1) is 23.6 Å². The van der Waals surface area contributed by atoms with Crippen molar-refractivity contribution in [3.63, 3.8) is 0 Å². The molecule has 0 amide bonds. The number of hydrogen-bond donors (Lipinski definition) is 1. The molecule has 0 radical (unpaired) electrons. The molecule has 98 valence electrons. The molecule has 3 unspecified atom stereocenters. The van der Waals surface area contributed by atoms with Crippen LogP contribution in [-0.2, 0) is 0 Å². The fourth-order valence-corrected chi connectivity index (χ4v) is 3.91. The van der Waals surface area contributed by atoms with Crippen molar-refractivity contribution < 1.29 is 4.39 Å². The molecule has 3 heteroatoms. The van der Waals surface area contributed by atoms with Gasteiger partial charge in [0.05, 0.1) is 11.4 Å². The van der Waals surface area contributed by atoms with Gasteiger partial charge in [0, 0.05) is 13.6 Å². The van der Waals surface area contributed by atoms with Gasteiger partial charge in [-0.25, -0.2) is 4.39 Å². The Balaban J connectivity index is 1.71. The first-order valence-corrected chi connectivity index (χ1v) is 6.90. The van der Waals surface area contributed by atoms with E-state index in [0.29, 0.717) is 0 Å². The highest BCUT2D eigenvalue weighted by Crippen LogP contribution is 2.48. The van der Waals surface area contributed by atoms with Crippen LogP contribution in [0.15, 0.2) is 18.2 Å². The van der Waals surface area contributed by atoms with Crippen LogP contribution in [-0.4, -0.2) is 13.6 Å². The number of nitrogens with zero attached hydrogens (tertiary/aromatic N) is 1. The van der Waals surface area contributed by atoms with Crippen LogP contribution in [0.5, 0.6) is 0 Å². The Kier molecular flexibility index (Phi) is 2.92. The molecule has 0 saturated heterocycles. The lowest BCUT2D eigenvalue weighted by Gasteiger charge is -2.29. The normalized spacial score (nSPS) is 29.8. The van der Waals surface area contributed by atoms with Crippen LogP contribution in [0.4, 0.5) is 15.8 Å². The zero-order valence-electron chi connectivity index (χ0n) is 10.9. The Morgan fingerprint density at radius 1 is 1.33 bits per heavy atom. The van der Waals surface area contributed by atoms with Gasteiger partial charge in [-0.3, -0.25) is 0 Å². The van der Waals surface area contributed by atoms with Crippen LogP contribution in [0.2, 0.25) is 0 Å². The number of hydrogen-bond acceptors (Lipinski definition) is 2. The van der Waals surface area contributed by atoms with Gasteiger partial charge in [-0.15, -0.1) is 0 Å². The van der Waals surface area contributed by atoms with Gasteiger partial charge in [0.2, 0.25) is 0 Å². The van der Waals surface area contributed by atoms with Crippen LogP contribution in [0.1, 0.15) is 25.7 Å². The summed E-state index contributed by atoms with van der Waals surface area (Å²) in [6, 6.07) is 5.06. The molecular formula is C15H21FN2. The molecule has 1 aromatic rings. The number of benzene rings is 1. The van der Waals surface area contributed by atoms with Crippen LogP contribution in [0.3, 0.4) is 0 Å². The Bertz CT molecular complexity index is 446. The average Bonchev–Trinajstić information content (AvgIpc) is 2.94. The standard InChI is InChI=1S/C15H21FN2/c1-18(14-4-2-3-13(16)15(14)17)9-12-8-10-5-6-11(12)7-10/h2-4,10-12H,5-9,17H2,1H3. The molecule has 0 aromatic heterocycles. The quantitative estimate of drug-likeness (QED) is 0.832. The molecular weight excluding hydrogens is 227 g/mol. The molecule has 0 spiro atoms. The highest BCUT2D eigenvalue weighted by Gasteiger charge is 2.39. The van der Waals surface area contributed by atoms with Gasteiger partial charge < -0.3 is 10.6 Å². The van der Waals surface area contributed by atoms with E-state index < -0.39 is 0 Å². The van der Waals surface area contributed by atoms with E-state index in [1.54, 1.807) is 6.07 Å². The van der Waals surface area contributed by atoms with E-state index in [2.05, 4.69) is 4.90 Å². The third-order valence-electron chi connectivity index (χ3n) is 4.83. The van der Waals surface area contributed by atoms with Gasteiger partial charge in [0.15, 0.2) is 0 Å². The average molecular weight is 248 g/mol. The molecule has 2 nitrogen and oxygen atoms in total. The molecule has 2 saturated carbocycles. The maximum Gasteiger partial charge on any atom is 0.148 e. The summed E-state index contributed by atoms with van der Waals surface area (Å²) in [5.74, 6) is 2.31. The third kappa shape index (κ3) is 1.96. The summed E-state index contributed by atoms with van der Waals surface area (Å²) < 4.78 is 13.5. The predicted octanol–water partition coefficient (Wildman–Crippen LogP) is 3.28. The first-order chi connectivity index (χ1) is 8.65. The number of para-hydroxylation sites is 1. The molecule has 3 rings (SSSR count). The largest absolute Gasteiger partial charge is 0.395 e. The van der Waals surface area contributed by atoms with Crippen LogP contribution >= 0.6 is 0 Å². The van der Waals surface area contributed by atoms with Gasteiger partial charge >= 0.3 is 0 Å². The Morgan fingerprint density at radius 2 is 2.17 bits per heavy atom. The number of halogens is 1.